The smallest absolute Gasteiger partial charge is 0.284 e. The summed E-state index contributed by atoms with van der Waals surface area (Å²) >= 11 is 0. The quantitative estimate of drug-likeness (QED) is 0.161. The number of likely N-dealkylation sites (tertiary alicyclic amines) is 1. The topological polar surface area (TPSA) is 204 Å². The summed E-state index contributed by atoms with van der Waals surface area (Å²) in [5.41, 5.74) is 13.5. The van der Waals surface area contributed by atoms with Crippen LogP contribution in [0.1, 0.15) is 72.0 Å². The van der Waals surface area contributed by atoms with Crippen LogP contribution in [0.15, 0.2) is 42.9 Å². The normalized spacial score (nSPS) is 23.7. The first kappa shape index (κ1) is 41.1. The van der Waals surface area contributed by atoms with Crippen LogP contribution in [-0.4, -0.2) is 142 Å². The fraction of sp³-hybridized carbons (Fsp3) is 0.525. The molecule has 17 nitrogen and oxygen atoms in total. The first-order valence-electron chi connectivity index (χ1n) is 20.5. The first-order valence-corrected chi connectivity index (χ1v) is 20.5. The SMILES string of the molecule is N/C=C(/C(=O)Nc1cn(C2CCN(CCN3CCN(c4ccc5c(c4)CN(C4CCC(=O)NC4=O)C5=O)CC3)CC2)nc1C(F)F)c1nccc(N2C[C@H](N)C[C@@H](F)C2)n1. The van der Waals surface area contributed by atoms with Crippen molar-refractivity contribution in [2.75, 3.05) is 80.6 Å². The lowest BCUT2D eigenvalue weighted by molar-refractivity contribution is -0.137. The number of benzene rings is 1. The number of nitrogens with two attached hydrogens (primary N) is 2. The van der Waals surface area contributed by atoms with Gasteiger partial charge in [-0.2, -0.15) is 5.10 Å². The van der Waals surface area contributed by atoms with Gasteiger partial charge in [0.2, 0.25) is 11.8 Å². The molecule has 0 aliphatic carbocycles. The minimum absolute atomic E-state index is 0.0401. The Morgan fingerprint density at radius 2 is 1.73 bits per heavy atom. The molecule has 5 aliphatic rings. The highest BCUT2D eigenvalue weighted by atomic mass is 19.3. The lowest BCUT2D eigenvalue weighted by Crippen LogP contribution is -2.52. The van der Waals surface area contributed by atoms with Crippen molar-refractivity contribution in [3.8, 4) is 0 Å². The molecule has 20 heteroatoms. The van der Waals surface area contributed by atoms with Gasteiger partial charge >= 0.3 is 0 Å². The van der Waals surface area contributed by atoms with Gasteiger partial charge < -0.3 is 36.4 Å². The number of rotatable bonds is 11. The van der Waals surface area contributed by atoms with E-state index in [-0.39, 0.29) is 60.4 Å². The van der Waals surface area contributed by atoms with Crippen molar-refractivity contribution >= 4 is 46.4 Å². The highest BCUT2D eigenvalue weighted by Gasteiger charge is 2.39. The van der Waals surface area contributed by atoms with E-state index in [0.717, 1.165) is 69.8 Å². The lowest BCUT2D eigenvalue weighted by atomic mass is 10.0. The van der Waals surface area contributed by atoms with Crippen molar-refractivity contribution in [3.63, 3.8) is 0 Å². The summed E-state index contributed by atoms with van der Waals surface area (Å²) in [6.07, 6.45) is 1.98. The summed E-state index contributed by atoms with van der Waals surface area (Å²) < 4.78 is 44.2. The monoisotopic (exact) mass is 833 g/mol. The van der Waals surface area contributed by atoms with Crippen molar-refractivity contribution in [1.29, 1.82) is 0 Å². The fourth-order valence-electron chi connectivity index (χ4n) is 8.89. The number of piperazine rings is 1. The standard InChI is InChI=1S/C40H50F3N13O4/c41-25-18-26(45)22-54(21-25)33-5-8-46-37(48-33)30(19-44)38(58)47-31-23-56(50-35(31)36(42)43)27-6-9-51(10-7-27)11-12-52-13-15-53(16-14-52)28-1-2-29-24(17-28)20-55(40(29)60)32-3-4-34(57)49-39(32)59/h1-2,5,8,17,19,23,25-27,32,36H,3-4,6-7,9-16,18,20-22,44-45H2,(H,47,58)(H,49,57,59)/b30-19+/t25-,26-,32?/m1/s1. The number of hydrogen-bond acceptors (Lipinski definition) is 13. The number of amides is 4. The van der Waals surface area contributed by atoms with Crippen LogP contribution < -0.4 is 31.9 Å². The van der Waals surface area contributed by atoms with Crippen LogP contribution in [0.4, 0.5) is 30.4 Å². The van der Waals surface area contributed by atoms with E-state index in [0.29, 0.717) is 43.7 Å². The third-order valence-corrected chi connectivity index (χ3v) is 12.2. The van der Waals surface area contributed by atoms with Gasteiger partial charge in [-0.15, -0.1) is 0 Å². The zero-order chi connectivity index (χ0) is 42.1. The number of anilines is 3. The number of alkyl halides is 3. The molecule has 0 spiro atoms. The van der Waals surface area contributed by atoms with E-state index >= 15 is 0 Å². The zero-order valence-electron chi connectivity index (χ0n) is 33.2. The van der Waals surface area contributed by atoms with Crippen molar-refractivity contribution < 1.29 is 32.3 Å². The molecule has 4 saturated heterocycles. The van der Waals surface area contributed by atoms with E-state index in [1.165, 1.54) is 17.1 Å². The Hall–Kier alpha value is -5.60. The maximum atomic E-state index is 14.2. The number of imide groups is 1. The van der Waals surface area contributed by atoms with Crippen LogP contribution in [0.25, 0.3) is 5.57 Å². The number of halogens is 3. The summed E-state index contributed by atoms with van der Waals surface area (Å²) in [6.45, 7) is 7.48. The van der Waals surface area contributed by atoms with Gasteiger partial charge in [0, 0.05) is 108 Å². The number of hydrogen-bond donors (Lipinski definition) is 4. The van der Waals surface area contributed by atoms with Gasteiger partial charge in [-0.25, -0.2) is 23.1 Å². The Bertz CT molecular complexity index is 2130. The second-order valence-corrected chi connectivity index (χ2v) is 16.1. The summed E-state index contributed by atoms with van der Waals surface area (Å²) in [5, 5.41) is 9.09. The molecule has 3 atom stereocenters. The number of aromatic nitrogens is 4. The van der Waals surface area contributed by atoms with E-state index in [1.54, 1.807) is 15.9 Å². The van der Waals surface area contributed by atoms with E-state index in [1.807, 2.05) is 18.2 Å². The molecule has 7 heterocycles. The molecule has 2 aromatic heterocycles. The number of carbonyl (C=O) groups excluding carboxylic acids is 4. The number of piperidine rings is 3. The molecule has 1 aromatic carbocycles. The van der Waals surface area contributed by atoms with Gasteiger partial charge in [-0.3, -0.25) is 34.1 Å². The predicted octanol–water partition coefficient (Wildman–Crippen LogP) is 1.64. The number of fused-ring (bicyclic) bond motifs is 1. The molecule has 4 fully saturated rings. The van der Waals surface area contributed by atoms with Gasteiger partial charge in [-0.1, -0.05) is 0 Å². The summed E-state index contributed by atoms with van der Waals surface area (Å²) in [7, 11) is 0. The molecular formula is C40H50F3N13O4. The van der Waals surface area contributed by atoms with Crippen LogP contribution in [0.3, 0.4) is 0 Å². The summed E-state index contributed by atoms with van der Waals surface area (Å²) in [5.74, 6) is -1.36. The highest BCUT2D eigenvalue weighted by molar-refractivity contribution is 6.24. The molecule has 5 aliphatic heterocycles. The number of nitrogens with one attached hydrogen (secondary N) is 2. The van der Waals surface area contributed by atoms with Crippen LogP contribution in [-0.2, 0) is 20.9 Å². The Balaban J connectivity index is 0.806. The predicted molar refractivity (Wildman–Crippen MR) is 216 cm³/mol. The molecular weight excluding hydrogens is 784 g/mol. The third kappa shape index (κ3) is 8.80. The lowest BCUT2D eigenvalue weighted by Gasteiger charge is -2.38. The molecule has 60 heavy (non-hydrogen) atoms. The molecule has 3 aromatic rings. The van der Waals surface area contributed by atoms with Gasteiger partial charge in [-0.05, 0) is 55.5 Å². The number of nitrogens with zero attached hydrogens (tertiary/aromatic N) is 9. The largest absolute Gasteiger partial charge is 0.404 e. The molecule has 4 amide bonds. The van der Waals surface area contributed by atoms with Crippen molar-refractivity contribution in [2.24, 2.45) is 11.5 Å². The molecule has 320 valence electrons. The Morgan fingerprint density at radius 3 is 2.43 bits per heavy atom. The van der Waals surface area contributed by atoms with E-state index < -0.39 is 36.1 Å². The van der Waals surface area contributed by atoms with E-state index in [9.17, 15) is 32.3 Å². The molecule has 0 radical (unpaired) electrons. The van der Waals surface area contributed by atoms with Gasteiger partial charge in [0.15, 0.2) is 11.5 Å². The number of carbonyl (C=O) groups is 4. The van der Waals surface area contributed by atoms with Crippen molar-refractivity contribution in [2.45, 2.75) is 69.4 Å². The second kappa shape index (κ2) is 17.6. The Kier molecular flexibility index (Phi) is 12.0. The van der Waals surface area contributed by atoms with Crippen LogP contribution in [0.5, 0.6) is 0 Å². The van der Waals surface area contributed by atoms with Crippen molar-refractivity contribution in [3.05, 3.63) is 65.5 Å². The summed E-state index contributed by atoms with van der Waals surface area (Å²) in [4.78, 5) is 69.5. The molecule has 1 unspecified atom stereocenters. The minimum Gasteiger partial charge on any atom is -0.404 e. The fourth-order valence-corrected chi connectivity index (χ4v) is 8.89. The minimum atomic E-state index is -2.94. The Morgan fingerprint density at radius 1 is 0.983 bits per heavy atom. The molecule has 6 N–H and O–H groups in total. The van der Waals surface area contributed by atoms with Gasteiger partial charge in [0.05, 0.1) is 23.8 Å². The average Bonchev–Trinajstić information content (AvgIpc) is 3.81. The third-order valence-electron chi connectivity index (χ3n) is 12.2. The average molecular weight is 834 g/mol. The summed E-state index contributed by atoms with van der Waals surface area (Å²) in [6, 6.07) is 6.27. The van der Waals surface area contributed by atoms with Gasteiger partial charge in [0.25, 0.3) is 18.2 Å². The van der Waals surface area contributed by atoms with Crippen LogP contribution >= 0.6 is 0 Å². The molecule has 8 rings (SSSR count). The highest BCUT2D eigenvalue weighted by Crippen LogP contribution is 2.33. The molecule has 0 bridgehead atoms. The maximum Gasteiger partial charge on any atom is 0.284 e. The van der Waals surface area contributed by atoms with Crippen LogP contribution in [0, 0.1) is 0 Å². The second-order valence-electron chi connectivity index (χ2n) is 16.1. The van der Waals surface area contributed by atoms with Gasteiger partial charge in [0.1, 0.15) is 18.0 Å². The maximum absolute atomic E-state index is 14.2. The van der Waals surface area contributed by atoms with Crippen LogP contribution in [0.2, 0.25) is 0 Å². The Labute approximate surface area is 344 Å². The molecule has 0 saturated carbocycles. The first-order chi connectivity index (χ1) is 28.9. The van der Waals surface area contributed by atoms with E-state index in [2.05, 4.69) is 40.4 Å². The van der Waals surface area contributed by atoms with E-state index in [4.69, 9.17) is 11.5 Å². The van der Waals surface area contributed by atoms with Crippen molar-refractivity contribution in [1.82, 2.24) is 39.8 Å². The zero-order valence-corrected chi connectivity index (χ0v) is 33.2.